The van der Waals surface area contributed by atoms with Gasteiger partial charge in [-0.3, -0.25) is 4.79 Å². The van der Waals surface area contributed by atoms with Crippen LogP contribution in [0.5, 0.6) is 0 Å². The topological polar surface area (TPSA) is 26.3 Å². The van der Waals surface area contributed by atoms with E-state index in [0.717, 1.165) is 0 Å². The zero-order valence-corrected chi connectivity index (χ0v) is 5.31. The van der Waals surface area contributed by atoms with Crippen LogP contribution in [0.3, 0.4) is 0 Å². The Morgan fingerprint density at radius 1 is 1.88 bits per heavy atom. The molecule has 0 aromatic heterocycles. The average Bonchev–Trinajstić information content (AvgIpc) is 1.65. The van der Waals surface area contributed by atoms with E-state index >= 15 is 0 Å². The van der Waals surface area contributed by atoms with E-state index in [1.165, 1.54) is 0 Å². The SMILES string of the molecule is [CH2][C@@H](C)OC(=O)CC. The van der Waals surface area contributed by atoms with Crippen molar-refractivity contribution in [1.82, 2.24) is 0 Å². The molecule has 0 aromatic carbocycles. The number of carbonyl (C=O) groups is 1. The minimum absolute atomic E-state index is 0.187. The lowest BCUT2D eigenvalue weighted by Crippen LogP contribution is -2.09. The molecule has 1 radical (unpaired) electrons. The van der Waals surface area contributed by atoms with Crippen molar-refractivity contribution in [2.75, 3.05) is 0 Å². The maximum Gasteiger partial charge on any atom is 0.305 e. The Morgan fingerprint density at radius 2 is 2.38 bits per heavy atom. The van der Waals surface area contributed by atoms with Gasteiger partial charge in [0, 0.05) is 6.42 Å². The van der Waals surface area contributed by atoms with Crippen LogP contribution < -0.4 is 0 Å². The molecule has 8 heavy (non-hydrogen) atoms. The normalized spacial score (nSPS) is 9.50. The van der Waals surface area contributed by atoms with Crippen molar-refractivity contribution < 1.29 is 9.53 Å². The number of rotatable bonds is 2. The number of ether oxygens (including phenoxy) is 1. The number of hydrogen-bond donors (Lipinski definition) is 0. The van der Waals surface area contributed by atoms with Gasteiger partial charge in [-0.05, 0) is 13.8 Å². The number of hydrogen-bond acceptors (Lipinski definition) is 2. The summed E-state index contributed by atoms with van der Waals surface area (Å²) in [6, 6.07) is 0. The molecular formula is C6H11O2. The van der Waals surface area contributed by atoms with Crippen molar-refractivity contribution in [1.29, 1.82) is 0 Å². The highest BCUT2D eigenvalue weighted by Crippen LogP contribution is 1.90. The van der Waals surface area contributed by atoms with E-state index in [1.54, 1.807) is 13.8 Å². The molecule has 0 aliphatic heterocycles. The van der Waals surface area contributed by atoms with Gasteiger partial charge in [0.05, 0.1) is 6.10 Å². The maximum atomic E-state index is 10.4. The number of esters is 1. The molecule has 0 spiro atoms. The average molecular weight is 115 g/mol. The third-order valence-electron chi connectivity index (χ3n) is 0.621. The van der Waals surface area contributed by atoms with Crippen molar-refractivity contribution in [3.8, 4) is 0 Å². The monoisotopic (exact) mass is 115 g/mol. The standard InChI is InChI=1S/C6H11O2/c1-4-6(7)8-5(2)3/h5H,2,4H2,1,3H3/t5-/m0/s1. The zero-order chi connectivity index (χ0) is 6.57. The van der Waals surface area contributed by atoms with Gasteiger partial charge in [-0.15, -0.1) is 0 Å². The molecular weight excluding hydrogens is 104 g/mol. The summed E-state index contributed by atoms with van der Waals surface area (Å²) in [5, 5.41) is 0. The lowest BCUT2D eigenvalue weighted by Gasteiger charge is -2.04. The van der Waals surface area contributed by atoms with Crippen LogP contribution >= 0.6 is 0 Å². The fraction of sp³-hybridized carbons (Fsp3) is 0.667. The van der Waals surface area contributed by atoms with E-state index in [-0.39, 0.29) is 12.1 Å². The summed E-state index contributed by atoms with van der Waals surface area (Å²) in [4.78, 5) is 10.4. The van der Waals surface area contributed by atoms with Gasteiger partial charge in [-0.1, -0.05) is 6.92 Å². The summed E-state index contributed by atoms with van der Waals surface area (Å²) in [5.74, 6) is -0.187. The predicted molar refractivity (Wildman–Crippen MR) is 31.2 cm³/mol. The van der Waals surface area contributed by atoms with E-state index < -0.39 is 0 Å². The smallest absolute Gasteiger partial charge is 0.305 e. The van der Waals surface area contributed by atoms with Crippen molar-refractivity contribution >= 4 is 5.97 Å². The summed E-state index contributed by atoms with van der Waals surface area (Å²) in [5.41, 5.74) is 0. The molecule has 0 aliphatic carbocycles. The van der Waals surface area contributed by atoms with Crippen LogP contribution in [0.4, 0.5) is 0 Å². The van der Waals surface area contributed by atoms with Crippen molar-refractivity contribution in [2.45, 2.75) is 26.4 Å². The molecule has 47 valence electrons. The first-order valence-electron chi connectivity index (χ1n) is 2.69. The Hall–Kier alpha value is -0.530. The summed E-state index contributed by atoms with van der Waals surface area (Å²) in [7, 11) is 0. The van der Waals surface area contributed by atoms with Gasteiger partial charge >= 0.3 is 5.97 Å². The van der Waals surface area contributed by atoms with Crippen LogP contribution in [0.1, 0.15) is 20.3 Å². The first-order valence-corrected chi connectivity index (χ1v) is 2.69. The van der Waals surface area contributed by atoms with Crippen LogP contribution in [0.15, 0.2) is 0 Å². The summed E-state index contributed by atoms with van der Waals surface area (Å²) in [6.07, 6.45) is 0.210. The lowest BCUT2D eigenvalue weighted by molar-refractivity contribution is -0.145. The Kier molecular flexibility index (Phi) is 3.24. The van der Waals surface area contributed by atoms with E-state index in [4.69, 9.17) is 0 Å². The van der Waals surface area contributed by atoms with Gasteiger partial charge in [0.2, 0.25) is 0 Å². The summed E-state index contributed by atoms with van der Waals surface area (Å²) >= 11 is 0. The zero-order valence-electron chi connectivity index (χ0n) is 5.31. The third kappa shape index (κ3) is 3.65. The number of carbonyl (C=O) groups excluding carboxylic acids is 1. The quantitative estimate of drug-likeness (QED) is 0.505. The highest BCUT2D eigenvalue weighted by Gasteiger charge is 1.99. The molecule has 2 heteroatoms. The van der Waals surface area contributed by atoms with E-state index in [0.29, 0.717) is 6.42 Å². The molecule has 0 unspecified atom stereocenters. The van der Waals surface area contributed by atoms with E-state index in [2.05, 4.69) is 11.7 Å². The highest BCUT2D eigenvalue weighted by molar-refractivity contribution is 5.69. The Labute approximate surface area is 49.8 Å². The van der Waals surface area contributed by atoms with Crippen LogP contribution in [-0.2, 0) is 9.53 Å². The Morgan fingerprint density at radius 3 is 2.50 bits per heavy atom. The first kappa shape index (κ1) is 7.47. The molecule has 0 bridgehead atoms. The van der Waals surface area contributed by atoms with Crippen LogP contribution in [0, 0.1) is 6.92 Å². The van der Waals surface area contributed by atoms with E-state index in [9.17, 15) is 4.79 Å². The first-order chi connectivity index (χ1) is 3.66. The molecule has 0 saturated heterocycles. The minimum atomic E-state index is -0.220. The second-order valence-corrected chi connectivity index (χ2v) is 1.65. The maximum absolute atomic E-state index is 10.4. The van der Waals surface area contributed by atoms with Gasteiger partial charge in [0.25, 0.3) is 0 Å². The van der Waals surface area contributed by atoms with Gasteiger partial charge in [0.15, 0.2) is 0 Å². The van der Waals surface area contributed by atoms with Gasteiger partial charge in [-0.25, -0.2) is 0 Å². The fourth-order valence-corrected chi connectivity index (χ4v) is 0.308. The molecule has 0 rings (SSSR count). The van der Waals surface area contributed by atoms with Crippen molar-refractivity contribution in [3.63, 3.8) is 0 Å². The van der Waals surface area contributed by atoms with Crippen molar-refractivity contribution in [3.05, 3.63) is 6.92 Å². The lowest BCUT2D eigenvalue weighted by atomic mass is 10.4. The van der Waals surface area contributed by atoms with Crippen molar-refractivity contribution in [2.24, 2.45) is 0 Å². The van der Waals surface area contributed by atoms with Gasteiger partial charge < -0.3 is 4.74 Å². The predicted octanol–water partition coefficient (Wildman–Crippen LogP) is 1.16. The van der Waals surface area contributed by atoms with Gasteiger partial charge in [-0.2, -0.15) is 0 Å². The minimum Gasteiger partial charge on any atom is -0.463 e. The third-order valence-corrected chi connectivity index (χ3v) is 0.621. The fourth-order valence-electron chi connectivity index (χ4n) is 0.308. The van der Waals surface area contributed by atoms with E-state index in [1.807, 2.05) is 0 Å². The molecule has 0 N–H and O–H groups in total. The Bertz CT molecular complexity index is 76.6. The molecule has 0 aliphatic rings. The van der Waals surface area contributed by atoms with Crippen LogP contribution in [0.2, 0.25) is 0 Å². The second kappa shape index (κ2) is 3.47. The highest BCUT2D eigenvalue weighted by atomic mass is 16.5. The van der Waals surface area contributed by atoms with Crippen LogP contribution in [-0.4, -0.2) is 12.1 Å². The Balaban J connectivity index is 3.25. The molecule has 0 saturated carbocycles. The molecule has 0 aromatic rings. The second-order valence-electron chi connectivity index (χ2n) is 1.65. The largest absolute Gasteiger partial charge is 0.463 e. The molecule has 0 amide bonds. The molecule has 0 fully saturated rings. The summed E-state index contributed by atoms with van der Waals surface area (Å²) < 4.78 is 4.65. The van der Waals surface area contributed by atoms with Gasteiger partial charge in [0.1, 0.15) is 0 Å². The van der Waals surface area contributed by atoms with Crippen LogP contribution in [0.25, 0.3) is 0 Å². The molecule has 2 nitrogen and oxygen atoms in total. The summed E-state index contributed by atoms with van der Waals surface area (Å²) in [6.45, 7) is 6.97. The molecule has 0 heterocycles. The molecule has 1 atom stereocenters.